The number of rotatable bonds is 5. The van der Waals surface area contributed by atoms with E-state index >= 15 is 0 Å². The van der Waals surface area contributed by atoms with E-state index in [-0.39, 0.29) is 18.0 Å². The van der Waals surface area contributed by atoms with Gasteiger partial charge in [0.05, 0.1) is 12.2 Å². The van der Waals surface area contributed by atoms with Gasteiger partial charge in [-0.3, -0.25) is 14.8 Å². The zero-order valence-corrected chi connectivity index (χ0v) is 13.8. The molecule has 0 fully saturated rings. The zero-order valence-electron chi connectivity index (χ0n) is 13.8. The molecule has 2 aromatic rings. The summed E-state index contributed by atoms with van der Waals surface area (Å²) in [5.74, 6) is 1.00. The van der Waals surface area contributed by atoms with Gasteiger partial charge in [0.1, 0.15) is 5.76 Å². The highest BCUT2D eigenvalue weighted by molar-refractivity contribution is 5.93. The zero-order chi connectivity index (χ0) is 16.4. The Kier molecular flexibility index (Phi) is 4.47. The van der Waals surface area contributed by atoms with Gasteiger partial charge >= 0.3 is 0 Å². The molecule has 1 aliphatic rings. The van der Waals surface area contributed by atoms with Crippen LogP contribution in [0.5, 0.6) is 0 Å². The third kappa shape index (κ3) is 3.29. The lowest BCUT2D eigenvalue weighted by Crippen LogP contribution is -2.41. The average molecular weight is 317 g/mol. The third-order valence-electron chi connectivity index (χ3n) is 4.29. The Morgan fingerprint density at radius 1 is 1.57 bits per heavy atom. The first-order valence-electron chi connectivity index (χ1n) is 8.13. The molecule has 3 rings (SSSR count). The van der Waals surface area contributed by atoms with E-state index in [0.29, 0.717) is 11.6 Å². The number of nitrogens with one attached hydrogen (secondary N) is 2. The van der Waals surface area contributed by atoms with E-state index in [1.807, 2.05) is 17.8 Å². The molecular weight excluding hydrogens is 294 g/mol. The molecule has 23 heavy (non-hydrogen) atoms. The van der Waals surface area contributed by atoms with Crippen molar-refractivity contribution in [3.63, 3.8) is 0 Å². The first-order chi connectivity index (χ1) is 11.1. The van der Waals surface area contributed by atoms with Crippen LogP contribution in [0.4, 0.5) is 5.82 Å². The molecule has 2 atom stereocenters. The summed E-state index contributed by atoms with van der Waals surface area (Å²) in [6.07, 6.45) is 5.11. The Morgan fingerprint density at radius 2 is 2.39 bits per heavy atom. The van der Waals surface area contributed by atoms with E-state index < -0.39 is 0 Å². The average Bonchev–Trinajstić information content (AvgIpc) is 3.13. The molecule has 0 saturated heterocycles. The summed E-state index contributed by atoms with van der Waals surface area (Å²) in [7, 11) is 0. The van der Waals surface area contributed by atoms with Crippen molar-refractivity contribution in [3.05, 3.63) is 29.3 Å². The Hall–Kier alpha value is -2.15. The molecule has 2 aromatic heterocycles. The molecule has 0 bridgehead atoms. The Bertz CT molecular complexity index is 690. The van der Waals surface area contributed by atoms with E-state index in [1.54, 1.807) is 13.0 Å². The fourth-order valence-electron chi connectivity index (χ4n) is 3.10. The number of nitrogens with zero attached hydrogens (tertiary/aromatic N) is 3. The van der Waals surface area contributed by atoms with Crippen molar-refractivity contribution in [3.8, 4) is 0 Å². The van der Waals surface area contributed by atoms with Gasteiger partial charge in [-0.2, -0.15) is 5.10 Å². The number of fused-ring (bicyclic) bond motifs is 1. The maximum Gasteiger partial charge on any atom is 0.242 e. The molecule has 0 spiro atoms. The first kappa shape index (κ1) is 15.7. The van der Waals surface area contributed by atoms with Crippen molar-refractivity contribution in [2.75, 3.05) is 5.32 Å². The van der Waals surface area contributed by atoms with Gasteiger partial charge in [-0.05, 0) is 40.0 Å². The molecule has 7 nitrogen and oxygen atoms in total. The number of anilines is 1. The molecular formula is C16H23N5O2. The number of carbonyl (C=O) groups excluding carboxylic acids is 1. The summed E-state index contributed by atoms with van der Waals surface area (Å²) in [5.41, 5.74) is 2.51. The van der Waals surface area contributed by atoms with Crippen molar-refractivity contribution in [2.45, 2.75) is 58.7 Å². The minimum atomic E-state index is -0.326. The molecule has 2 heterocycles. The van der Waals surface area contributed by atoms with Crippen molar-refractivity contribution < 1.29 is 9.32 Å². The lowest BCUT2D eigenvalue weighted by molar-refractivity contribution is -0.118. The minimum Gasteiger partial charge on any atom is -0.360 e. The van der Waals surface area contributed by atoms with Crippen LogP contribution in [0.25, 0.3) is 0 Å². The van der Waals surface area contributed by atoms with E-state index in [9.17, 15) is 4.79 Å². The van der Waals surface area contributed by atoms with Gasteiger partial charge < -0.3 is 9.84 Å². The number of hydrogen-bond acceptors (Lipinski definition) is 5. The summed E-state index contributed by atoms with van der Waals surface area (Å²) in [4.78, 5) is 12.3. The highest BCUT2D eigenvalue weighted by Gasteiger charge is 2.26. The smallest absolute Gasteiger partial charge is 0.242 e. The summed E-state index contributed by atoms with van der Waals surface area (Å²) in [6.45, 7) is 6.63. The fourth-order valence-corrected chi connectivity index (χ4v) is 3.10. The molecule has 0 aromatic carbocycles. The summed E-state index contributed by atoms with van der Waals surface area (Å²) in [6, 6.07) is 1.54. The Morgan fingerprint density at radius 3 is 3.09 bits per heavy atom. The molecule has 1 aliphatic carbocycles. The summed E-state index contributed by atoms with van der Waals surface area (Å²) in [5, 5.41) is 14.4. The molecule has 2 N–H and O–H groups in total. The molecule has 0 radical (unpaired) electrons. The quantitative estimate of drug-likeness (QED) is 0.883. The molecule has 0 aliphatic heterocycles. The maximum atomic E-state index is 12.3. The number of carbonyl (C=O) groups is 1. The van der Waals surface area contributed by atoms with Gasteiger partial charge in [-0.1, -0.05) is 5.16 Å². The van der Waals surface area contributed by atoms with Crippen LogP contribution in [0.3, 0.4) is 0 Å². The van der Waals surface area contributed by atoms with Crippen molar-refractivity contribution >= 4 is 11.7 Å². The number of aryl methyl sites for hydroxylation is 2. The Labute approximate surface area is 135 Å². The second-order valence-electron chi connectivity index (χ2n) is 6.01. The highest BCUT2D eigenvalue weighted by Crippen LogP contribution is 2.30. The lowest BCUT2D eigenvalue weighted by atomic mass is 9.92. The summed E-state index contributed by atoms with van der Waals surface area (Å²) >= 11 is 0. The normalized spacial score (nSPS) is 18.5. The predicted molar refractivity (Wildman–Crippen MR) is 86.0 cm³/mol. The first-order valence-corrected chi connectivity index (χ1v) is 8.13. The van der Waals surface area contributed by atoms with Crippen LogP contribution in [0, 0.1) is 6.92 Å². The van der Waals surface area contributed by atoms with Crippen LogP contribution in [0.1, 0.15) is 49.7 Å². The van der Waals surface area contributed by atoms with Gasteiger partial charge in [-0.15, -0.1) is 0 Å². The molecule has 124 valence electrons. The largest absolute Gasteiger partial charge is 0.360 e. The van der Waals surface area contributed by atoms with Crippen molar-refractivity contribution in [2.24, 2.45) is 0 Å². The predicted octanol–water partition coefficient (Wildman–Crippen LogP) is 2.19. The fraction of sp³-hybridized carbons (Fsp3) is 0.562. The van der Waals surface area contributed by atoms with Gasteiger partial charge in [0.2, 0.25) is 5.91 Å². The molecule has 7 heteroatoms. The SMILES string of the molecule is CCn1ncc2c1CCC[C@H]2N[C@H](C)C(=O)Nc1cc(C)on1. The third-order valence-corrected chi connectivity index (χ3v) is 4.29. The highest BCUT2D eigenvalue weighted by atomic mass is 16.5. The summed E-state index contributed by atoms with van der Waals surface area (Å²) < 4.78 is 7.01. The van der Waals surface area contributed by atoms with Gasteiger partial charge in [0.25, 0.3) is 0 Å². The van der Waals surface area contributed by atoms with Crippen LogP contribution >= 0.6 is 0 Å². The Balaban J connectivity index is 1.65. The number of amides is 1. The second-order valence-corrected chi connectivity index (χ2v) is 6.01. The number of aromatic nitrogens is 3. The van der Waals surface area contributed by atoms with Gasteiger partial charge in [-0.25, -0.2) is 0 Å². The van der Waals surface area contributed by atoms with Crippen LogP contribution in [-0.2, 0) is 17.8 Å². The van der Waals surface area contributed by atoms with E-state index in [2.05, 4.69) is 27.8 Å². The van der Waals surface area contributed by atoms with E-state index in [1.165, 1.54) is 11.3 Å². The standard InChI is InChI=1S/C16H23N5O2/c1-4-21-14-7-5-6-13(12(14)9-17-21)18-11(3)16(22)19-15-8-10(2)23-20-15/h8-9,11,13,18H,4-7H2,1-3H3,(H,19,20,22)/t11-,13-/m1/s1. The monoisotopic (exact) mass is 317 g/mol. The van der Waals surface area contributed by atoms with Crippen LogP contribution < -0.4 is 10.6 Å². The topological polar surface area (TPSA) is 85.0 Å². The maximum absolute atomic E-state index is 12.3. The van der Waals surface area contributed by atoms with Crippen LogP contribution in [0.2, 0.25) is 0 Å². The minimum absolute atomic E-state index is 0.117. The molecule has 1 amide bonds. The van der Waals surface area contributed by atoms with Gasteiger partial charge in [0, 0.05) is 29.9 Å². The van der Waals surface area contributed by atoms with Crippen LogP contribution in [0.15, 0.2) is 16.8 Å². The van der Waals surface area contributed by atoms with Gasteiger partial charge in [0.15, 0.2) is 5.82 Å². The van der Waals surface area contributed by atoms with Crippen molar-refractivity contribution in [1.82, 2.24) is 20.3 Å². The molecule has 0 unspecified atom stereocenters. The lowest BCUT2D eigenvalue weighted by Gasteiger charge is -2.26. The van der Waals surface area contributed by atoms with Crippen molar-refractivity contribution in [1.29, 1.82) is 0 Å². The molecule has 0 saturated carbocycles. The number of hydrogen-bond donors (Lipinski definition) is 2. The second kappa shape index (κ2) is 6.54. The van der Waals surface area contributed by atoms with E-state index in [0.717, 1.165) is 25.8 Å². The van der Waals surface area contributed by atoms with E-state index in [4.69, 9.17) is 4.52 Å². The van der Waals surface area contributed by atoms with Crippen LogP contribution in [-0.4, -0.2) is 26.9 Å².